The van der Waals surface area contributed by atoms with E-state index < -0.39 is 0 Å². The average molecular weight is 256 g/mol. The van der Waals surface area contributed by atoms with Gasteiger partial charge in [0.25, 0.3) is 0 Å². The predicted molar refractivity (Wildman–Crippen MR) is 60.5 cm³/mol. The molecule has 0 spiro atoms. The van der Waals surface area contributed by atoms with Gasteiger partial charge in [-0.25, -0.2) is 0 Å². The van der Waals surface area contributed by atoms with Crippen molar-refractivity contribution in [2.45, 2.75) is 0 Å². The van der Waals surface area contributed by atoms with Crippen LogP contribution in [0, 0.1) is 10.8 Å². The fourth-order valence-electron chi connectivity index (χ4n) is 0.876. The average Bonchev–Trinajstić information content (AvgIpc) is 2.01. The van der Waals surface area contributed by atoms with Crippen LogP contribution in [-0.4, -0.2) is 11.9 Å². The van der Waals surface area contributed by atoms with E-state index in [1.807, 2.05) is 18.2 Å². The number of benzene rings is 1. The molecule has 0 radical (unpaired) electrons. The molecule has 1 aromatic rings. The molecule has 0 aliphatic rings. The van der Waals surface area contributed by atoms with Crippen LogP contribution < -0.4 is 16.4 Å². The van der Waals surface area contributed by atoms with Crippen LogP contribution >= 0.6 is 15.9 Å². The van der Waals surface area contributed by atoms with E-state index in [2.05, 4.69) is 26.6 Å². The van der Waals surface area contributed by atoms with Gasteiger partial charge in [0, 0.05) is 10.2 Å². The maximum absolute atomic E-state index is 7.37. The summed E-state index contributed by atoms with van der Waals surface area (Å²) in [6.07, 6.45) is 0. The lowest BCUT2D eigenvalue weighted by Gasteiger charge is -2.08. The molecule has 0 saturated heterocycles. The van der Waals surface area contributed by atoms with E-state index in [4.69, 9.17) is 16.6 Å². The molecule has 5 nitrogen and oxygen atoms in total. The maximum Gasteiger partial charge on any atom is 0.199 e. The van der Waals surface area contributed by atoms with Crippen LogP contribution in [-0.2, 0) is 0 Å². The summed E-state index contributed by atoms with van der Waals surface area (Å²) in [5.74, 6) is -0.298. The minimum Gasteiger partial charge on any atom is -0.370 e. The summed E-state index contributed by atoms with van der Waals surface area (Å²) in [5, 5.41) is 19.3. The van der Waals surface area contributed by atoms with E-state index in [9.17, 15) is 0 Å². The van der Waals surface area contributed by atoms with Gasteiger partial charge in [-0.3, -0.25) is 16.1 Å². The van der Waals surface area contributed by atoms with Gasteiger partial charge in [0.05, 0.1) is 0 Å². The third-order valence-electron chi connectivity index (χ3n) is 1.35. The molecule has 0 aliphatic carbocycles. The Morgan fingerprint density at radius 3 is 2.64 bits per heavy atom. The number of rotatable bonds is 1. The normalized spacial score (nSPS) is 9.21. The zero-order chi connectivity index (χ0) is 10.6. The molecule has 0 aromatic heterocycles. The van der Waals surface area contributed by atoms with E-state index in [0.29, 0.717) is 0 Å². The van der Waals surface area contributed by atoms with Crippen LogP contribution in [0.25, 0.3) is 0 Å². The fraction of sp³-hybridized carbons (Fsp3) is 0. The van der Waals surface area contributed by atoms with Crippen molar-refractivity contribution in [3.05, 3.63) is 28.7 Å². The second kappa shape index (κ2) is 4.61. The summed E-state index contributed by atoms with van der Waals surface area (Å²) < 4.78 is 0.915. The fourth-order valence-corrected chi connectivity index (χ4v) is 1.28. The smallest absolute Gasteiger partial charge is 0.199 e. The summed E-state index contributed by atoms with van der Waals surface area (Å²) in [4.78, 5) is 0. The van der Waals surface area contributed by atoms with Gasteiger partial charge in [-0.15, -0.1) is 0 Å². The van der Waals surface area contributed by atoms with Crippen molar-refractivity contribution in [3.8, 4) is 0 Å². The third kappa shape index (κ3) is 3.44. The summed E-state index contributed by atoms with van der Waals surface area (Å²) >= 11 is 3.31. The van der Waals surface area contributed by atoms with Crippen LogP contribution in [0.5, 0.6) is 0 Å². The zero-order valence-electron chi connectivity index (χ0n) is 7.26. The van der Waals surface area contributed by atoms with Crippen molar-refractivity contribution >= 4 is 33.5 Å². The van der Waals surface area contributed by atoms with Gasteiger partial charge in [-0.05, 0) is 18.2 Å². The molecule has 0 aliphatic heterocycles. The van der Waals surface area contributed by atoms with E-state index in [0.717, 1.165) is 10.2 Å². The highest BCUT2D eigenvalue weighted by molar-refractivity contribution is 9.10. The molecule has 0 heterocycles. The van der Waals surface area contributed by atoms with Crippen LogP contribution in [0.4, 0.5) is 5.69 Å². The minimum absolute atomic E-state index is 0.0319. The van der Waals surface area contributed by atoms with Gasteiger partial charge in [0.15, 0.2) is 11.9 Å². The number of anilines is 1. The molecule has 74 valence electrons. The van der Waals surface area contributed by atoms with E-state index in [1.54, 1.807) is 6.07 Å². The van der Waals surface area contributed by atoms with Crippen LogP contribution in [0.3, 0.4) is 0 Å². The van der Waals surface area contributed by atoms with Crippen molar-refractivity contribution in [1.82, 2.24) is 5.32 Å². The van der Waals surface area contributed by atoms with Crippen molar-refractivity contribution < 1.29 is 0 Å². The Morgan fingerprint density at radius 2 is 2.07 bits per heavy atom. The Balaban J connectivity index is 2.60. The van der Waals surface area contributed by atoms with E-state index >= 15 is 0 Å². The van der Waals surface area contributed by atoms with Crippen molar-refractivity contribution in [1.29, 1.82) is 10.8 Å². The standard InChI is InChI=1S/C8H10BrN5/c9-5-2-1-3-6(4-5)13-8(12)14-7(10)11/h1-4H,(H6,10,11,12,13,14). The molecule has 1 aromatic carbocycles. The molecular formula is C8H10BrN5. The van der Waals surface area contributed by atoms with Crippen LogP contribution in [0.15, 0.2) is 28.7 Å². The van der Waals surface area contributed by atoms with Gasteiger partial charge in [-0.1, -0.05) is 22.0 Å². The highest BCUT2D eigenvalue weighted by Gasteiger charge is 1.98. The van der Waals surface area contributed by atoms with Gasteiger partial charge >= 0.3 is 0 Å². The Hall–Kier alpha value is -1.56. The zero-order valence-corrected chi connectivity index (χ0v) is 8.85. The van der Waals surface area contributed by atoms with Crippen molar-refractivity contribution in [2.24, 2.45) is 5.73 Å². The molecule has 6 heteroatoms. The van der Waals surface area contributed by atoms with E-state index in [1.165, 1.54) is 0 Å². The monoisotopic (exact) mass is 255 g/mol. The summed E-state index contributed by atoms with van der Waals surface area (Å²) in [5.41, 5.74) is 5.81. The number of hydrogen-bond acceptors (Lipinski definition) is 2. The quantitative estimate of drug-likeness (QED) is 0.386. The number of hydrogen-bond donors (Lipinski definition) is 5. The minimum atomic E-state index is -0.266. The number of halogens is 1. The first-order valence-corrected chi connectivity index (χ1v) is 4.59. The lowest BCUT2D eigenvalue weighted by Crippen LogP contribution is -2.39. The first-order valence-electron chi connectivity index (χ1n) is 3.80. The summed E-state index contributed by atoms with van der Waals surface area (Å²) in [6, 6.07) is 7.35. The highest BCUT2D eigenvalue weighted by atomic mass is 79.9. The van der Waals surface area contributed by atoms with Gasteiger partial charge < -0.3 is 11.1 Å². The van der Waals surface area contributed by atoms with Crippen LogP contribution in [0.2, 0.25) is 0 Å². The Labute approximate surface area is 89.8 Å². The molecule has 0 atom stereocenters. The van der Waals surface area contributed by atoms with Gasteiger partial charge in [0.2, 0.25) is 0 Å². The molecule has 0 saturated carbocycles. The third-order valence-corrected chi connectivity index (χ3v) is 1.85. The molecule has 0 unspecified atom stereocenters. The molecule has 0 fully saturated rings. The number of guanidine groups is 2. The topological polar surface area (TPSA) is 97.8 Å². The van der Waals surface area contributed by atoms with Gasteiger partial charge in [-0.2, -0.15) is 0 Å². The molecule has 6 N–H and O–H groups in total. The van der Waals surface area contributed by atoms with Crippen molar-refractivity contribution in [3.63, 3.8) is 0 Å². The summed E-state index contributed by atoms with van der Waals surface area (Å²) in [7, 11) is 0. The summed E-state index contributed by atoms with van der Waals surface area (Å²) in [6.45, 7) is 0. The van der Waals surface area contributed by atoms with Gasteiger partial charge in [0.1, 0.15) is 0 Å². The maximum atomic E-state index is 7.37. The van der Waals surface area contributed by atoms with Crippen LogP contribution in [0.1, 0.15) is 0 Å². The first-order chi connectivity index (χ1) is 6.58. The number of nitrogens with two attached hydrogens (primary N) is 1. The number of nitrogens with one attached hydrogen (secondary N) is 4. The molecule has 14 heavy (non-hydrogen) atoms. The molecule has 1 rings (SSSR count). The molecular weight excluding hydrogens is 246 g/mol. The van der Waals surface area contributed by atoms with Crippen molar-refractivity contribution in [2.75, 3.05) is 5.32 Å². The second-order valence-corrected chi connectivity index (χ2v) is 3.46. The highest BCUT2D eigenvalue weighted by Crippen LogP contribution is 2.15. The first kappa shape index (κ1) is 10.5. The Kier molecular flexibility index (Phi) is 3.47. The Bertz CT molecular complexity index is 363. The molecule has 0 bridgehead atoms. The predicted octanol–water partition coefficient (Wildman–Crippen LogP) is 1.28. The SMILES string of the molecule is N=C(N)NC(=N)Nc1cccc(Br)c1. The largest absolute Gasteiger partial charge is 0.370 e. The molecule has 0 amide bonds. The lowest BCUT2D eigenvalue weighted by atomic mass is 10.3. The van der Waals surface area contributed by atoms with E-state index in [-0.39, 0.29) is 11.9 Å². The lowest BCUT2D eigenvalue weighted by molar-refractivity contribution is 1.20. The Morgan fingerprint density at radius 1 is 1.36 bits per heavy atom. The second-order valence-electron chi connectivity index (χ2n) is 2.55.